The maximum Gasteiger partial charge on any atom is 0.186 e. The van der Waals surface area contributed by atoms with E-state index in [4.69, 9.17) is 10.1 Å². The van der Waals surface area contributed by atoms with Crippen molar-refractivity contribution in [2.75, 3.05) is 36.0 Å². The molecule has 25 heavy (non-hydrogen) atoms. The molecule has 0 saturated carbocycles. The second-order valence-corrected chi connectivity index (χ2v) is 7.32. The zero-order chi connectivity index (χ0) is 16.8. The van der Waals surface area contributed by atoms with Gasteiger partial charge in [0.25, 0.3) is 0 Å². The molecule has 126 valence electrons. The van der Waals surface area contributed by atoms with Crippen LogP contribution in [0.1, 0.15) is 5.69 Å². The van der Waals surface area contributed by atoms with E-state index in [-0.39, 0.29) is 0 Å². The minimum absolute atomic E-state index is 0.898. The number of hydrogen-bond donors (Lipinski definition) is 0. The van der Waals surface area contributed by atoms with Gasteiger partial charge < -0.3 is 9.80 Å². The highest BCUT2D eigenvalue weighted by Gasteiger charge is 2.21. The van der Waals surface area contributed by atoms with E-state index in [1.165, 1.54) is 4.70 Å². The number of benzene rings is 1. The van der Waals surface area contributed by atoms with E-state index in [9.17, 15) is 0 Å². The molecule has 0 atom stereocenters. The molecule has 0 spiro atoms. The van der Waals surface area contributed by atoms with Gasteiger partial charge in [0.15, 0.2) is 10.8 Å². The van der Waals surface area contributed by atoms with Gasteiger partial charge in [0, 0.05) is 26.2 Å². The van der Waals surface area contributed by atoms with Crippen LogP contribution in [0.4, 0.5) is 10.9 Å². The van der Waals surface area contributed by atoms with Gasteiger partial charge in [-0.05, 0) is 31.2 Å². The third-order valence-electron chi connectivity index (χ3n) is 4.58. The van der Waals surface area contributed by atoms with Crippen molar-refractivity contribution in [3.8, 4) is 0 Å². The van der Waals surface area contributed by atoms with Crippen LogP contribution >= 0.6 is 11.3 Å². The van der Waals surface area contributed by atoms with E-state index in [0.717, 1.165) is 54.0 Å². The smallest absolute Gasteiger partial charge is 0.186 e. The number of thiazole rings is 1. The van der Waals surface area contributed by atoms with Gasteiger partial charge in [-0.15, -0.1) is 5.10 Å². The van der Waals surface area contributed by atoms with Crippen LogP contribution in [0.15, 0.2) is 42.6 Å². The Hall–Kier alpha value is -2.67. The summed E-state index contributed by atoms with van der Waals surface area (Å²) in [5.74, 6) is 1.01. The lowest BCUT2D eigenvalue weighted by Gasteiger charge is -2.35. The molecule has 1 aliphatic rings. The van der Waals surface area contributed by atoms with E-state index in [0.29, 0.717) is 0 Å². The van der Waals surface area contributed by atoms with Gasteiger partial charge in [-0.2, -0.15) is 0 Å². The van der Waals surface area contributed by atoms with Crippen LogP contribution in [0.3, 0.4) is 0 Å². The Morgan fingerprint density at radius 1 is 0.920 bits per heavy atom. The Labute approximate surface area is 149 Å². The van der Waals surface area contributed by atoms with Gasteiger partial charge in [-0.1, -0.05) is 23.5 Å². The van der Waals surface area contributed by atoms with Crippen molar-refractivity contribution in [3.05, 3.63) is 48.3 Å². The van der Waals surface area contributed by atoms with Gasteiger partial charge in [-0.3, -0.25) is 0 Å². The first-order valence-electron chi connectivity index (χ1n) is 8.45. The fourth-order valence-corrected chi connectivity index (χ4v) is 4.30. The predicted octanol–water partition coefficient (Wildman–Crippen LogP) is 2.97. The monoisotopic (exact) mass is 350 g/mol. The molecular weight excluding hydrogens is 332 g/mol. The van der Waals surface area contributed by atoms with Gasteiger partial charge in [0.05, 0.1) is 22.1 Å². The number of aromatic nitrogens is 4. The first-order valence-corrected chi connectivity index (χ1v) is 9.26. The lowest BCUT2D eigenvalue weighted by atomic mass is 10.3. The summed E-state index contributed by atoms with van der Waals surface area (Å²) in [7, 11) is 0. The first kappa shape index (κ1) is 14.7. The van der Waals surface area contributed by atoms with Crippen molar-refractivity contribution in [2.45, 2.75) is 6.92 Å². The van der Waals surface area contributed by atoms with E-state index < -0.39 is 0 Å². The van der Waals surface area contributed by atoms with E-state index in [2.05, 4.69) is 39.0 Å². The highest BCUT2D eigenvalue weighted by Crippen LogP contribution is 2.29. The molecule has 3 aromatic heterocycles. The molecule has 0 unspecified atom stereocenters. The van der Waals surface area contributed by atoms with Crippen LogP contribution in [-0.4, -0.2) is 45.8 Å². The Bertz CT molecular complexity index is 1010. The number of hydrogen-bond acceptors (Lipinski definition) is 6. The number of imidazole rings is 1. The Kier molecular flexibility index (Phi) is 3.34. The number of piperazine rings is 1. The largest absolute Gasteiger partial charge is 0.352 e. The van der Waals surface area contributed by atoms with Crippen LogP contribution in [0.2, 0.25) is 0 Å². The molecule has 7 heteroatoms. The van der Waals surface area contributed by atoms with Gasteiger partial charge in [-0.25, -0.2) is 14.5 Å². The summed E-state index contributed by atoms with van der Waals surface area (Å²) in [4.78, 5) is 13.9. The minimum Gasteiger partial charge on any atom is -0.352 e. The molecule has 0 bridgehead atoms. The molecule has 0 N–H and O–H groups in total. The zero-order valence-corrected chi connectivity index (χ0v) is 14.8. The number of anilines is 2. The van der Waals surface area contributed by atoms with Crippen LogP contribution < -0.4 is 9.80 Å². The number of aryl methyl sites for hydroxylation is 1. The highest BCUT2D eigenvalue weighted by molar-refractivity contribution is 7.22. The standard InChI is InChI=1S/C18H18N6S/c1-13-12-24-16(19-13)6-7-17(21-24)22-8-10-23(11-9-22)18-20-14-4-2-3-5-15(14)25-18/h2-7,12H,8-11H2,1H3. The van der Waals surface area contributed by atoms with Crippen molar-refractivity contribution >= 4 is 38.2 Å². The number of nitrogens with zero attached hydrogens (tertiary/aromatic N) is 6. The second kappa shape index (κ2) is 5.70. The molecule has 6 nitrogen and oxygen atoms in total. The average Bonchev–Trinajstić information content (AvgIpc) is 3.23. The summed E-state index contributed by atoms with van der Waals surface area (Å²) in [6, 6.07) is 12.4. The molecule has 1 aromatic carbocycles. The van der Waals surface area contributed by atoms with Crippen molar-refractivity contribution < 1.29 is 0 Å². The fourth-order valence-electron chi connectivity index (χ4n) is 3.28. The second-order valence-electron chi connectivity index (χ2n) is 6.31. The van der Waals surface area contributed by atoms with Crippen molar-refractivity contribution in [1.29, 1.82) is 0 Å². The summed E-state index contributed by atoms with van der Waals surface area (Å²) >= 11 is 1.77. The predicted molar refractivity (Wildman–Crippen MR) is 102 cm³/mol. The van der Waals surface area contributed by atoms with Crippen LogP contribution in [0.25, 0.3) is 15.9 Å². The molecule has 4 heterocycles. The minimum atomic E-state index is 0.898. The molecule has 0 radical (unpaired) electrons. The fraction of sp³-hybridized carbons (Fsp3) is 0.278. The van der Waals surface area contributed by atoms with E-state index in [1.807, 2.05) is 29.8 Å². The third kappa shape index (κ3) is 2.60. The zero-order valence-electron chi connectivity index (χ0n) is 14.0. The Morgan fingerprint density at radius 3 is 2.56 bits per heavy atom. The van der Waals surface area contributed by atoms with Gasteiger partial charge >= 0.3 is 0 Å². The molecule has 1 fully saturated rings. The van der Waals surface area contributed by atoms with Crippen LogP contribution in [0, 0.1) is 6.92 Å². The summed E-state index contributed by atoms with van der Waals surface area (Å²) in [5, 5.41) is 5.82. The SMILES string of the molecule is Cc1cn2nc(N3CCN(c4nc5ccccc5s4)CC3)ccc2n1. The van der Waals surface area contributed by atoms with E-state index in [1.54, 1.807) is 11.3 Å². The van der Waals surface area contributed by atoms with Crippen molar-refractivity contribution in [3.63, 3.8) is 0 Å². The number of rotatable bonds is 2. The first-order chi connectivity index (χ1) is 12.3. The normalized spacial score (nSPS) is 15.4. The third-order valence-corrected chi connectivity index (χ3v) is 5.68. The number of fused-ring (bicyclic) bond motifs is 2. The Balaban J connectivity index is 1.34. The molecule has 0 aliphatic carbocycles. The summed E-state index contributed by atoms with van der Waals surface area (Å²) in [6.45, 7) is 5.81. The van der Waals surface area contributed by atoms with Gasteiger partial charge in [0.2, 0.25) is 0 Å². The van der Waals surface area contributed by atoms with Crippen molar-refractivity contribution in [1.82, 2.24) is 19.6 Å². The average molecular weight is 350 g/mol. The van der Waals surface area contributed by atoms with E-state index >= 15 is 0 Å². The van der Waals surface area contributed by atoms with Crippen molar-refractivity contribution in [2.24, 2.45) is 0 Å². The maximum atomic E-state index is 4.78. The lowest BCUT2D eigenvalue weighted by Crippen LogP contribution is -2.46. The van der Waals surface area contributed by atoms with Crippen LogP contribution in [-0.2, 0) is 0 Å². The molecular formula is C18H18N6S. The summed E-state index contributed by atoms with van der Waals surface area (Å²) in [5.41, 5.74) is 2.98. The Morgan fingerprint density at radius 2 is 1.72 bits per heavy atom. The summed E-state index contributed by atoms with van der Waals surface area (Å²) < 4.78 is 3.12. The quantitative estimate of drug-likeness (QED) is 0.556. The number of para-hydroxylation sites is 1. The molecule has 0 amide bonds. The van der Waals surface area contributed by atoms with Crippen LogP contribution in [0.5, 0.6) is 0 Å². The maximum absolute atomic E-state index is 4.78. The lowest BCUT2D eigenvalue weighted by molar-refractivity contribution is 0.641. The van der Waals surface area contributed by atoms with Gasteiger partial charge in [0.1, 0.15) is 5.82 Å². The molecule has 5 rings (SSSR count). The molecule has 1 saturated heterocycles. The summed E-state index contributed by atoms with van der Waals surface area (Å²) in [6.07, 6.45) is 1.97. The highest BCUT2D eigenvalue weighted by atomic mass is 32.1. The molecule has 4 aromatic rings. The molecule has 1 aliphatic heterocycles. The topological polar surface area (TPSA) is 49.6 Å².